The quantitative estimate of drug-likeness (QED) is 0.222. The first-order chi connectivity index (χ1) is 12.1. The fraction of sp³-hybridized carbons (Fsp3) is 0.467. The van der Waals surface area contributed by atoms with Gasteiger partial charge >= 0.3 is 0 Å². The summed E-state index contributed by atoms with van der Waals surface area (Å²) in [5.74, 6) is -1.12. The van der Waals surface area contributed by atoms with Gasteiger partial charge in [-0.1, -0.05) is 29.3 Å². The van der Waals surface area contributed by atoms with Crippen LogP contribution in [0.3, 0.4) is 0 Å². The molecule has 1 aromatic carbocycles. The first-order valence-corrected chi connectivity index (χ1v) is 11.8. The normalized spacial score (nSPS) is 12.5. The summed E-state index contributed by atoms with van der Waals surface area (Å²) in [6, 6.07) is 4.76. The Morgan fingerprint density at radius 2 is 1.88 bits per heavy atom. The molecule has 0 spiro atoms. The molecule has 7 nitrogen and oxygen atoms in total. The summed E-state index contributed by atoms with van der Waals surface area (Å²) in [6.45, 7) is 0.314. The van der Waals surface area contributed by atoms with E-state index in [-0.39, 0.29) is 18.7 Å². The van der Waals surface area contributed by atoms with Crippen LogP contribution in [-0.4, -0.2) is 44.0 Å². The minimum Gasteiger partial charge on any atom is -0.356 e. The number of hydrogen-bond acceptors (Lipinski definition) is 6. The van der Waals surface area contributed by atoms with Crippen molar-refractivity contribution < 1.29 is 23.2 Å². The van der Waals surface area contributed by atoms with Crippen LogP contribution in [0, 0.1) is 0 Å². The minimum absolute atomic E-state index is 0.0198. The molecule has 0 heterocycles. The number of carbonyl (C=O) groups is 2. The summed E-state index contributed by atoms with van der Waals surface area (Å²) in [5.41, 5.74) is 2.12. The van der Waals surface area contributed by atoms with E-state index in [9.17, 15) is 18.0 Å². The standard InChI is InChI=1S/C15H20Cl2N2O5S2/c1-26(23,24)25-6-2-5-18-14(20)7-10(8-15(21)19-22)12-4-3-11(16)9-13(12)17/h3-4,9-10,22H,2,5-8H2,1H3,(H,18,20)(H,19,21). The number of rotatable bonds is 10. The van der Waals surface area contributed by atoms with Crippen molar-refractivity contribution >= 4 is 54.7 Å². The van der Waals surface area contributed by atoms with Gasteiger partial charge in [-0.05, 0) is 34.9 Å². The Kier molecular flexibility index (Phi) is 9.73. The monoisotopic (exact) mass is 442 g/mol. The van der Waals surface area contributed by atoms with E-state index in [0.717, 1.165) is 17.0 Å². The topological polar surface area (TPSA) is 113 Å². The van der Waals surface area contributed by atoms with E-state index in [4.69, 9.17) is 28.4 Å². The summed E-state index contributed by atoms with van der Waals surface area (Å²) in [4.78, 5) is 23.7. The van der Waals surface area contributed by atoms with Gasteiger partial charge in [0.15, 0.2) is 8.87 Å². The van der Waals surface area contributed by atoms with Crippen LogP contribution in [-0.2, 0) is 18.5 Å². The third-order valence-corrected chi connectivity index (χ3v) is 6.56. The summed E-state index contributed by atoms with van der Waals surface area (Å²) < 4.78 is 22.0. The van der Waals surface area contributed by atoms with E-state index in [1.54, 1.807) is 17.6 Å². The molecular weight excluding hydrogens is 423 g/mol. The number of hydroxylamine groups is 1. The lowest BCUT2D eigenvalue weighted by atomic mass is 9.91. The van der Waals surface area contributed by atoms with E-state index >= 15 is 0 Å². The lowest BCUT2D eigenvalue weighted by Crippen LogP contribution is -2.28. The van der Waals surface area contributed by atoms with Crippen LogP contribution in [0.15, 0.2) is 18.2 Å². The van der Waals surface area contributed by atoms with Gasteiger partial charge in [-0.15, -0.1) is 0 Å². The zero-order chi connectivity index (χ0) is 19.7. The molecule has 0 fully saturated rings. The van der Waals surface area contributed by atoms with Gasteiger partial charge in [-0.2, -0.15) is 0 Å². The molecule has 1 aromatic rings. The van der Waals surface area contributed by atoms with E-state index < -0.39 is 20.7 Å². The smallest absolute Gasteiger partial charge is 0.243 e. The molecule has 146 valence electrons. The predicted octanol–water partition coefficient (Wildman–Crippen LogP) is 2.56. The Balaban J connectivity index is 2.65. The molecule has 0 bridgehead atoms. The predicted molar refractivity (Wildman–Crippen MR) is 103 cm³/mol. The molecule has 1 rings (SSSR count). The maximum Gasteiger partial charge on any atom is 0.243 e. The van der Waals surface area contributed by atoms with Crippen molar-refractivity contribution in [3.8, 4) is 0 Å². The Morgan fingerprint density at radius 3 is 2.46 bits per heavy atom. The minimum atomic E-state index is -3.09. The largest absolute Gasteiger partial charge is 0.356 e. The van der Waals surface area contributed by atoms with Crippen molar-refractivity contribution in [2.45, 2.75) is 25.2 Å². The van der Waals surface area contributed by atoms with Crippen LogP contribution in [0.25, 0.3) is 0 Å². The highest BCUT2D eigenvalue weighted by molar-refractivity contribution is 8.71. The second-order valence-corrected chi connectivity index (χ2v) is 11.0. The van der Waals surface area contributed by atoms with Crippen LogP contribution < -0.4 is 10.8 Å². The van der Waals surface area contributed by atoms with Crippen molar-refractivity contribution in [1.29, 1.82) is 0 Å². The lowest BCUT2D eigenvalue weighted by Gasteiger charge is -2.18. The van der Waals surface area contributed by atoms with Crippen LogP contribution in [0.2, 0.25) is 10.0 Å². The molecule has 26 heavy (non-hydrogen) atoms. The Hall–Kier alpha value is -1.000. The molecular formula is C15H20Cl2N2O5S2. The molecule has 11 heteroatoms. The molecule has 0 aliphatic rings. The highest BCUT2D eigenvalue weighted by atomic mass is 35.5. The average Bonchev–Trinajstić information content (AvgIpc) is 2.52. The summed E-state index contributed by atoms with van der Waals surface area (Å²) >= 11 is 12.0. The molecule has 0 aliphatic heterocycles. The van der Waals surface area contributed by atoms with Crippen molar-refractivity contribution in [1.82, 2.24) is 10.8 Å². The maximum absolute atomic E-state index is 12.1. The average molecular weight is 443 g/mol. The first kappa shape index (κ1) is 23.0. The van der Waals surface area contributed by atoms with E-state index in [1.807, 2.05) is 0 Å². The van der Waals surface area contributed by atoms with Gasteiger partial charge in [-0.25, -0.2) is 13.9 Å². The molecule has 1 atom stereocenters. The number of amides is 2. The number of nitrogens with one attached hydrogen (secondary N) is 2. The molecule has 0 aromatic heterocycles. The zero-order valence-corrected chi connectivity index (χ0v) is 17.1. The van der Waals surface area contributed by atoms with Gasteiger partial charge in [-0.3, -0.25) is 14.8 Å². The summed E-state index contributed by atoms with van der Waals surface area (Å²) in [5, 5.41) is 12.2. The van der Waals surface area contributed by atoms with Gasteiger partial charge in [0, 0.05) is 47.4 Å². The molecule has 0 saturated carbocycles. The molecule has 0 radical (unpaired) electrons. The highest BCUT2D eigenvalue weighted by Crippen LogP contribution is 2.31. The SMILES string of the molecule is CS(=O)(=O)SCCCNC(=O)CC(CC(=O)NO)c1ccc(Cl)cc1Cl. The van der Waals surface area contributed by atoms with Crippen molar-refractivity contribution in [2.24, 2.45) is 0 Å². The van der Waals surface area contributed by atoms with Crippen LogP contribution in [0.5, 0.6) is 0 Å². The number of halogens is 2. The third kappa shape index (κ3) is 9.09. The van der Waals surface area contributed by atoms with Crippen molar-refractivity contribution in [3.63, 3.8) is 0 Å². The van der Waals surface area contributed by atoms with Crippen LogP contribution in [0.4, 0.5) is 0 Å². The molecule has 1 unspecified atom stereocenters. The number of carbonyl (C=O) groups excluding carboxylic acids is 2. The van der Waals surface area contributed by atoms with Gasteiger partial charge < -0.3 is 5.32 Å². The summed E-state index contributed by atoms with van der Waals surface area (Å²) in [6.07, 6.45) is 1.47. The highest BCUT2D eigenvalue weighted by Gasteiger charge is 2.22. The Labute approximate surface area is 166 Å². The van der Waals surface area contributed by atoms with E-state index in [1.165, 1.54) is 6.07 Å². The maximum atomic E-state index is 12.1. The number of hydrogen-bond donors (Lipinski definition) is 3. The van der Waals surface area contributed by atoms with Gasteiger partial charge in [0.2, 0.25) is 11.8 Å². The molecule has 3 N–H and O–H groups in total. The van der Waals surface area contributed by atoms with Crippen molar-refractivity contribution in [2.75, 3.05) is 18.6 Å². The van der Waals surface area contributed by atoms with E-state index in [2.05, 4.69) is 5.32 Å². The second kappa shape index (κ2) is 11.0. The molecule has 2 amide bonds. The first-order valence-electron chi connectivity index (χ1n) is 7.61. The second-order valence-electron chi connectivity index (χ2n) is 5.54. The fourth-order valence-electron chi connectivity index (χ4n) is 2.20. The fourth-order valence-corrected chi connectivity index (χ4v) is 4.59. The molecule has 0 saturated heterocycles. The Morgan fingerprint density at radius 1 is 1.23 bits per heavy atom. The van der Waals surface area contributed by atoms with Crippen molar-refractivity contribution in [3.05, 3.63) is 33.8 Å². The van der Waals surface area contributed by atoms with E-state index in [0.29, 0.717) is 34.3 Å². The Bertz CT molecular complexity index is 744. The summed E-state index contributed by atoms with van der Waals surface area (Å²) in [7, 11) is -2.27. The number of benzene rings is 1. The zero-order valence-electron chi connectivity index (χ0n) is 14.0. The van der Waals surface area contributed by atoms with Crippen LogP contribution in [0.1, 0.15) is 30.7 Å². The molecule has 0 aliphatic carbocycles. The lowest BCUT2D eigenvalue weighted by molar-refractivity contribution is -0.129. The van der Waals surface area contributed by atoms with Crippen LogP contribution >= 0.6 is 34.0 Å². The van der Waals surface area contributed by atoms with Gasteiger partial charge in [0.05, 0.1) is 0 Å². The van der Waals surface area contributed by atoms with Gasteiger partial charge in [0.1, 0.15) is 0 Å². The third-order valence-electron chi connectivity index (χ3n) is 3.33. The van der Waals surface area contributed by atoms with Gasteiger partial charge in [0.25, 0.3) is 0 Å².